The number of hydrogen-bond acceptors (Lipinski definition) is 4. The Balaban J connectivity index is 2.09. The van der Waals surface area contributed by atoms with Gasteiger partial charge in [0, 0.05) is 44.8 Å². The van der Waals surface area contributed by atoms with Gasteiger partial charge in [-0.25, -0.2) is 0 Å². The van der Waals surface area contributed by atoms with Crippen LogP contribution in [0.5, 0.6) is 0 Å². The van der Waals surface area contributed by atoms with Crippen LogP contribution in [0.4, 0.5) is 0 Å². The summed E-state index contributed by atoms with van der Waals surface area (Å²) in [7, 11) is 1.71. The van der Waals surface area contributed by atoms with E-state index < -0.39 is 0 Å². The van der Waals surface area contributed by atoms with E-state index in [-0.39, 0.29) is 24.6 Å². The molecule has 1 aromatic rings. The highest BCUT2D eigenvalue weighted by Gasteiger charge is 2.32. The van der Waals surface area contributed by atoms with Crippen molar-refractivity contribution in [3.63, 3.8) is 0 Å². The fraction of sp³-hybridized carbons (Fsp3) is 0.692. The second-order valence-corrected chi connectivity index (χ2v) is 5.73. The highest BCUT2D eigenvalue weighted by Crippen LogP contribution is 2.18. The SMILES string of the molecule is C[C@@H]1CN(C(=O)c2cc(Cl)n(C)n2)C[C@H](C)N1CCO. The van der Waals surface area contributed by atoms with Crippen molar-refractivity contribution < 1.29 is 9.90 Å². The molecule has 1 aliphatic heterocycles. The average Bonchev–Trinajstić information content (AvgIpc) is 2.73. The Morgan fingerprint density at radius 3 is 2.50 bits per heavy atom. The van der Waals surface area contributed by atoms with Crippen molar-refractivity contribution in [1.82, 2.24) is 19.6 Å². The number of aliphatic hydroxyl groups excluding tert-OH is 1. The Morgan fingerprint density at radius 2 is 2.05 bits per heavy atom. The lowest BCUT2D eigenvalue weighted by Gasteiger charge is -2.44. The van der Waals surface area contributed by atoms with E-state index >= 15 is 0 Å². The first-order valence-electron chi connectivity index (χ1n) is 6.79. The molecule has 7 heteroatoms. The van der Waals surface area contributed by atoms with Gasteiger partial charge in [0.1, 0.15) is 5.15 Å². The molecule has 1 N–H and O–H groups in total. The van der Waals surface area contributed by atoms with E-state index in [1.807, 2.05) is 4.90 Å². The minimum Gasteiger partial charge on any atom is -0.395 e. The molecule has 1 fully saturated rings. The number of hydrogen-bond donors (Lipinski definition) is 1. The lowest BCUT2D eigenvalue weighted by atomic mass is 10.1. The number of aliphatic hydroxyl groups is 1. The van der Waals surface area contributed by atoms with Gasteiger partial charge in [-0.15, -0.1) is 0 Å². The number of carbonyl (C=O) groups is 1. The molecular weight excluding hydrogens is 280 g/mol. The van der Waals surface area contributed by atoms with Gasteiger partial charge >= 0.3 is 0 Å². The monoisotopic (exact) mass is 300 g/mol. The number of carbonyl (C=O) groups excluding carboxylic acids is 1. The zero-order chi connectivity index (χ0) is 14.9. The van der Waals surface area contributed by atoms with Crippen LogP contribution in [0.3, 0.4) is 0 Å². The first-order chi connectivity index (χ1) is 9.43. The van der Waals surface area contributed by atoms with Crippen LogP contribution in [0.25, 0.3) is 0 Å². The summed E-state index contributed by atoms with van der Waals surface area (Å²) in [6, 6.07) is 2.03. The molecule has 0 radical (unpaired) electrons. The molecule has 0 saturated carbocycles. The highest BCUT2D eigenvalue weighted by molar-refractivity contribution is 6.29. The fourth-order valence-corrected chi connectivity index (χ4v) is 2.93. The van der Waals surface area contributed by atoms with Crippen molar-refractivity contribution >= 4 is 17.5 Å². The van der Waals surface area contributed by atoms with E-state index in [0.717, 1.165) is 0 Å². The van der Waals surface area contributed by atoms with Crippen molar-refractivity contribution in [2.24, 2.45) is 7.05 Å². The van der Waals surface area contributed by atoms with Gasteiger partial charge in [0.15, 0.2) is 5.69 Å². The van der Waals surface area contributed by atoms with E-state index in [1.165, 1.54) is 4.68 Å². The Kier molecular flexibility index (Phi) is 4.67. The van der Waals surface area contributed by atoms with Crippen LogP contribution in [0.1, 0.15) is 24.3 Å². The fourth-order valence-electron chi connectivity index (χ4n) is 2.79. The van der Waals surface area contributed by atoms with Crippen LogP contribution < -0.4 is 0 Å². The Labute approximate surface area is 123 Å². The third kappa shape index (κ3) is 2.97. The summed E-state index contributed by atoms with van der Waals surface area (Å²) >= 11 is 5.93. The summed E-state index contributed by atoms with van der Waals surface area (Å²) in [4.78, 5) is 16.5. The summed E-state index contributed by atoms with van der Waals surface area (Å²) in [5, 5.41) is 13.7. The molecule has 2 atom stereocenters. The molecule has 1 saturated heterocycles. The lowest BCUT2D eigenvalue weighted by molar-refractivity contribution is 0.0232. The van der Waals surface area contributed by atoms with Crippen molar-refractivity contribution in [1.29, 1.82) is 0 Å². The second-order valence-electron chi connectivity index (χ2n) is 5.35. The van der Waals surface area contributed by atoms with E-state index in [9.17, 15) is 4.79 Å². The summed E-state index contributed by atoms with van der Waals surface area (Å²) in [6.45, 7) is 6.18. The van der Waals surface area contributed by atoms with Gasteiger partial charge in [-0.2, -0.15) is 5.10 Å². The molecule has 1 aliphatic rings. The third-order valence-corrected chi connectivity index (χ3v) is 4.14. The number of piperazine rings is 1. The lowest BCUT2D eigenvalue weighted by Crippen LogP contribution is -2.58. The van der Waals surface area contributed by atoms with E-state index in [0.29, 0.717) is 30.5 Å². The van der Waals surface area contributed by atoms with Gasteiger partial charge < -0.3 is 10.0 Å². The minimum atomic E-state index is -0.0881. The van der Waals surface area contributed by atoms with Crippen molar-refractivity contribution in [3.05, 3.63) is 16.9 Å². The Morgan fingerprint density at radius 1 is 1.45 bits per heavy atom. The number of nitrogens with zero attached hydrogens (tertiary/aromatic N) is 4. The molecule has 0 aromatic carbocycles. The molecule has 0 spiro atoms. The van der Waals surface area contributed by atoms with Crippen molar-refractivity contribution in [2.75, 3.05) is 26.2 Å². The minimum absolute atomic E-state index is 0.0881. The maximum Gasteiger partial charge on any atom is 0.274 e. The van der Waals surface area contributed by atoms with Crippen LogP contribution in [-0.2, 0) is 7.05 Å². The van der Waals surface area contributed by atoms with Crippen molar-refractivity contribution in [2.45, 2.75) is 25.9 Å². The molecule has 20 heavy (non-hydrogen) atoms. The Hall–Kier alpha value is -1.11. The molecule has 112 valence electrons. The predicted molar refractivity (Wildman–Crippen MR) is 76.8 cm³/mol. The second kappa shape index (κ2) is 6.11. The predicted octanol–water partition coefficient (Wildman–Crippen LogP) is 0.601. The van der Waals surface area contributed by atoms with Crippen LogP contribution in [0.2, 0.25) is 5.15 Å². The number of halogens is 1. The van der Waals surface area contributed by atoms with E-state index in [1.54, 1.807) is 13.1 Å². The third-order valence-electron chi connectivity index (χ3n) is 3.79. The first-order valence-corrected chi connectivity index (χ1v) is 7.17. The quantitative estimate of drug-likeness (QED) is 0.888. The highest BCUT2D eigenvalue weighted by atomic mass is 35.5. The van der Waals surface area contributed by atoms with E-state index in [2.05, 4.69) is 23.8 Å². The van der Waals surface area contributed by atoms with E-state index in [4.69, 9.17) is 16.7 Å². The molecule has 6 nitrogen and oxygen atoms in total. The summed E-state index contributed by atoms with van der Waals surface area (Å²) in [5.41, 5.74) is 0.382. The molecule has 0 unspecified atom stereocenters. The molecule has 1 aromatic heterocycles. The summed E-state index contributed by atoms with van der Waals surface area (Å²) in [5.74, 6) is -0.0881. The van der Waals surface area contributed by atoms with Gasteiger partial charge in [-0.05, 0) is 13.8 Å². The van der Waals surface area contributed by atoms with Gasteiger partial charge in [0.05, 0.1) is 6.61 Å². The van der Waals surface area contributed by atoms with Crippen LogP contribution in [-0.4, -0.2) is 68.9 Å². The topological polar surface area (TPSA) is 61.6 Å². The Bertz CT molecular complexity index is 459. The molecule has 1 amide bonds. The molecule has 0 aliphatic carbocycles. The molecule has 2 rings (SSSR count). The summed E-state index contributed by atoms with van der Waals surface area (Å²) < 4.78 is 1.49. The van der Waals surface area contributed by atoms with Gasteiger partial charge in [-0.3, -0.25) is 14.4 Å². The number of aryl methyl sites for hydroxylation is 1. The average molecular weight is 301 g/mol. The maximum absolute atomic E-state index is 12.4. The zero-order valence-electron chi connectivity index (χ0n) is 12.1. The van der Waals surface area contributed by atoms with Crippen molar-refractivity contribution in [3.8, 4) is 0 Å². The number of rotatable bonds is 3. The summed E-state index contributed by atoms with van der Waals surface area (Å²) in [6.07, 6.45) is 0. The maximum atomic E-state index is 12.4. The molecular formula is C13H21ClN4O2. The standard InChI is InChI=1S/C13H21ClN4O2/c1-9-7-17(8-10(2)18(9)4-5-19)13(20)11-6-12(14)16(3)15-11/h6,9-10,19H,4-5,7-8H2,1-3H3/t9-,10+. The largest absolute Gasteiger partial charge is 0.395 e. The smallest absolute Gasteiger partial charge is 0.274 e. The number of β-amino-alcohol motifs (C(OH)–C–C–N with tert-alkyl or cyclic N) is 1. The molecule has 2 heterocycles. The first kappa shape index (κ1) is 15.3. The molecule has 0 bridgehead atoms. The van der Waals surface area contributed by atoms with Crippen LogP contribution in [0, 0.1) is 0 Å². The van der Waals surface area contributed by atoms with Gasteiger partial charge in [-0.1, -0.05) is 11.6 Å². The number of amides is 1. The van der Waals surface area contributed by atoms with Crippen LogP contribution in [0.15, 0.2) is 6.07 Å². The zero-order valence-corrected chi connectivity index (χ0v) is 12.8. The van der Waals surface area contributed by atoms with Crippen LogP contribution >= 0.6 is 11.6 Å². The van der Waals surface area contributed by atoms with Gasteiger partial charge in [0.25, 0.3) is 5.91 Å². The normalized spacial score (nSPS) is 24.1. The number of aromatic nitrogens is 2. The van der Waals surface area contributed by atoms with Gasteiger partial charge in [0.2, 0.25) is 0 Å².